The summed E-state index contributed by atoms with van der Waals surface area (Å²) in [4.78, 5) is 18.0. The van der Waals surface area contributed by atoms with Crippen LogP contribution >= 0.6 is 0 Å². The summed E-state index contributed by atoms with van der Waals surface area (Å²) in [7, 11) is 5.81. The number of fused-ring (bicyclic) bond motifs is 1. The first-order chi connectivity index (χ1) is 12.7. The molecule has 0 aromatic carbocycles. The number of β-amino-alcohol motifs (C(OH)–C–C–N with tert-alkyl or cyclic N) is 1. The highest BCUT2D eigenvalue weighted by Crippen LogP contribution is 2.24. The van der Waals surface area contributed by atoms with Gasteiger partial charge in [-0.15, -0.1) is 0 Å². The molecule has 3 aromatic rings. The number of hydrogen-bond acceptors (Lipinski definition) is 7. The van der Waals surface area contributed by atoms with Crippen molar-refractivity contribution in [1.82, 2.24) is 29.5 Å². The average Bonchev–Trinajstić information content (AvgIpc) is 2.96. The summed E-state index contributed by atoms with van der Waals surface area (Å²) >= 11 is 0. The zero-order chi connectivity index (χ0) is 18.1. The van der Waals surface area contributed by atoms with Crippen molar-refractivity contribution in [1.29, 1.82) is 0 Å². The number of anilines is 1. The predicted octanol–water partition coefficient (Wildman–Crippen LogP) is 0.243. The molecule has 26 heavy (non-hydrogen) atoms. The van der Waals surface area contributed by atoms with E-state index < -0.39 is 0 Å². The highest BCUT2D eigenvalue weighted by atomic mass is 16.3. The number of aliphatic hydroxyl groups excluding tert-OH is 1. The van der Waals surface area contributed by atoms with E-state index in [1.807, 2.05) is 13.0 Å². The molecule has 1 aliphatic heterocycles. The van der Waals surface area contributed by atoms with E-state index in [9.17, 15) is 0 Å². The molecule has 0 unspecified atom stereocenters. The minimum atomic E-state index is 0.198. The number of nitrogens with zero attached hydrogens (tertiary/aromatic N) is 7. The van der Waals surface area contributed by atoms with Gasteiger partial charge in [0.15, 0.2) is 0 Å². The molecule has 4 rings (SSSR count). The maximum Gasteiger partial charge on any atom is 0.267 e. The summed E-state index contributed by atoms with van der Waals surface area (Å²) in [5.41, 5.74) is 3.15. The molecule has 9 heteroatoms. The van der Waals surface area contributed by atoms with Crippen molar-refractivity contribution in [3.05, 3.63) is 30.4 Å². The highest BCUT2D eigenvalue weighted by Gasteiger charge is 2.18. The Morgan fingerprint density at radius 1 is 1.15 bits per heavy atom. The van der Waals surface area contributed by atoms with Gasteiger partial charge in [-0.25, -0.2) is 9.97 Å². The van der Waals surface area contributed by atoms with Crippen LogP contribution in [0.25, 0.3) is 22.3 Å². The molecule has 0 aliphatic carbocycles. The van der Waals surface area contributed by atoms with E-state index in [0.717, 1.165) is 60.9 Å². The van der Waals surface area contributed by atoms with Crippen LogP contribution in [-0.2, 0) is 0 Å². The lowest BCUT2D eigenvalue weighted by Gasteiger charge is -2.34. The Kier molecular flexibility index (Phi) is 4.56. The van der Waals surface area contributed by atoms with Gasteiger partial charge in [-0.1, -0.05) is 0 Å². The number of piperazine rings is 1. The first-order valence-electron chi connectivity index (χ1n) is 8.67. The minimum absolute atomic E-state index is 0.198. The minimum Gasteiger partial charge on any atom is -0.395 e. The van der Waals surface area contributed by atoms with Gasteiger partial charge < -0.3 is 14.6 Å². The standard InChI is InChI=1S/C17H20BN7O/c1-12-14-8-13(9-20-17(14)25(18)22-12)15-10-19-11-16(21-15)24-4-2-23(3-5-24)6-7-26/h8-11,26H,2-7H2,1H3. The number of aliphatic hydroxyl groups is 1. The van der Waals surface area contributed by atoms with Crippen LogP contribution in [0.5, 0.6) is 0 Å². The van der Waals surface area contributed by atoms with E-state index in [2.05, 4.69) is 24.9 Å². The molecule has 1 N–H and O–H groups in total. The molecule has 0 saturated carbocycles. The summed E-state index contributed by atoms with van der Waals surface area (Å²) in [5, 5.41) is 14.2. The van der Waals surface area contributed by atoms with Crippen LogP contribution in [0.4, 0.5) is 5.82 Å². The summed E-state index contributed by atoms with van der Waals surface area (Å²) in [6.45, 7) is 6.39. The normalized spacial score (nSPS) is 15.7. The smallest absolute Gasteiger partial charge is 0.267 e. The SMILES string of the molecule is [B]n1nc(C)c2cc(-c3cncc(N4CCN(CCO)CC4)n3)cnc21. The second kappa shape index (κ2) is 7.01. The monoisotopic (exact) mass is 349 g/mol. The van der Waals surface area contributed by atoms with Crippen LogP contribution in [0.2, 0.25) is 0 Å². The molecule has 132 valence electrons. The molecule has 0 bridgehead atoms. The Morgan fingerprint density at radius 3 is 2.73 bits per heavy atom. The Hall–Kier alpha value is -2.52. The van der Waals surface area contributed by atoms with Crippen LogP contribution < -0.4 is 4.90 Å². The molecule has 8 nitrogen and oxygen atoms in total. The van der Waals surface area contributed by atoms with Crippen LogP contribution in [0.15, 0.2) is 24.7 Å². The Morgan fingerprint density at radius 2 is 1.96 bits per heavy atom. The summed E-state index contributed by atoms with van der Waals surface area (Å²) in [5.74, 6) is 0.859. The van der Waals surface area contributed by atoms with E-state index in [0.29, 0.717) is 5.65 Å². The number of aryl methyl sites for hydroxylation is 1. The third-order valence-corrected chi connectivity index (χ3v) is 4.76. The van der Waals surface area contributed by atoms with Gasteiger partial charge >= 0.3 is 0 Å². The first kappa shape index (κ1) is 16.9. The third kappa shape index (κ3) is 3.15. The molecule has 3 aromatic heterocycles. The largest absolute Gasteiger partial charge is 0.395 e. The topological polar surface area (TPSA) is 83.2 Å². The second-order valence-corrected chi connectivity index (χ2v) is 6.44. The lowest BCUT2D eigenvalue weighted by atomic mass is 10.1. The molecule has 1 aliphatic rings. The van der Waals surface area contributed by atoms with Crippen LogP contribution in [0, 0.1) is 6.92 Å². The van der Waals surface area contributed by atoms with E-state index >= 15 is 0 Å². The maximum atomic E-state index is 9.06. The number of rotatable bonds is 4. The van der Waals surface area contributed by atoms with Crippen LogP contribution in [0.3, 0.4) is 0 Å². The molecule has 0 spiro atoms. The Bertz CT molecular complexity index is 921. The summed E-state index contributed by atoms with van der Waals surface area (Å²) in [6, 6.07) is 2.00. The van der Waals surface area contributed by atoms with Crippen molar-refractivity contribution in [2.24, 2.45) is 0 Å². The van der Waals surface area contributed by atoms with E-state index in [1.54, 1.807) is 18.6 Å². The molecule has 1 saturated heterocycles. The van der Waals surface area contributed by atoms with Crippen molar-refractivity contribution in [3.8, 4) is 11.3 Å². The van der Waals surface area contributed by atoms with Crippen molar-refractivity contribution in [3.63, 3.8) is 0 Å². The fraction of sp³-hybridized carbons (Fsp3) is 0.412. The maximum absolute atomic E-state index is 9.06. The van der Waals surface area contributed by atoms with Crippen LogP contribution in [0.1, 0.15) is 5.69 Å². The van der Waals surface area contributed by atoms with Crippen LogP contribution in [-0.4, -0.2) is 82.0 Å². The Labute approximate surface area is 152 Å². The van der Waals surface area contributed by atoms with Crippen molar-refractivity contribution < 1.29 is 5.11 Å². The second-order valence-electron chi connectivity index (χ2n) is 6.44. The number of pyridine rings is 1. The van der Waals surface area contributed by atoms with Crippen molar-refractivity contribution >= 4 is 24.8 Å². The van der Waals surface area contributed by atoms with E-state index in [-0.39, 0.29) is 6.61 Å². The molecule has 2 radical (unpaired) electrons. The molecular formula is C17H20BN7O. The fourth-order valence-electron chi connectivity index (χ4n) is 3.30. The van der Waals surface area contributed by atoms with Gasteiger partial charge in [0, 0.05) is 49.9 Å². The fourth-order valence-corrected chi connectivity index (χ4v) is 3.30. The zero-order valence-electron chi connectivity index (χ0n) is 14.7. The lowest BCUT2D eigenvalue weighted by Crippen LogP contribution is -2.47. The Balaban J connectivity index is 1.59. The molecule has 1 fully saturated rings. The zero-order valence-corrected chi connectivity index (χ0v) is 14.7. The number of hydrogen-bond donors (Lipinski definition) is 1. The summed E-state index contributed by atoms with van der Waals surface area (Å²) < 4.78 is 1.29. The van der Waals surface area contributed by atoms with Gasteiger partial charge in [0.2, 0.25) is 0 Å². The van der Waals surface area contributed by atoms with Gasteiger partial charge in [-0.05, 0) is 13.0 Å². The van der Waals surface area contributed by atoms with E-state index in [1.165, 1.54) is 4.59 Å². The summed E-state index contributed by atoms with van der Waals surface area (Å²) in [6.07, 6.45) is 5.29. The highest BCUT2D eigenvalue weighted by molar-refractivity contribution is 6.10. The van der Waals surface area contributed by atoms with Gasteiger partial charge in [-0.3, -0.25) is 9.88 Å². The van der Waals surface area contributed by atoms with Crippen molar-refractivity contribution in [2.75, 3.05) is 44.2 Å². The number of aromatic nitrogens is 5. The predicted molar refractivity (Wildman–Crippen MR) is 100 cm³/mol. The van der Waals surface area contributed by atoms with Gasteiger partial charge in [0.25, 0.3) is 7.98 Å². The first-order valence-corrected chi connectivity index (χ1v) is 8.67. The molecular weight excluding hydrogens is 329 g/mol. The average molecular weight is 349 g/mol. The lowest BCUT2D eigenvalue weighted by molar-refractivity contribution is 0.188. The quantitative estimate of drug-likeness (QED) is 0.676. The molecule has 0 amide bonds. The molecule has 0 atom stereocenters. The van der Waals surface area contributed by atoms with Gasteiger partial charge in [-0.2, -0.15) is 5.10 Å². The molecule has 4 heterocycles. The van der Waals surface area contributed by atoms with Gasteiger partial charge in [0.05, 0.1) is 30.4 Å². The van der Waals surface area contributed by atoms with Crippen molar-refractivity contribution in [2.45, 2.75) is 6.92 Å². The third-order valence-electron chi connectivity index (χ3n) is 4.76. The van der Waals surface area contributed by atoms with E-state index in [4.69, 9.17) is 18.1 Å². The van der Waals surface area contributed by atoms with Gasteiger partial charge in [0.1, 0.15) is 11.5 Å².